The fourth-order valence-corrected chi connectivity index (χ4v) is 7.61. The molecule has 0 radical (unpaired) electrons. The van der Waals surface area contributed by atoms with Crippen LogP contribution in [0.2, 0.25) is 0 Å². The van der Waals surface area contributed by atoms with Gasteiger partial charge in [-0.25, -0.2) is 4.39 Å². The van der Waals surface area contributed by atoms with Crippen molar-refractivity contribution in [1.29, 1.82) is 0 Å². The van der Waals surface area contributed by atoms with Crippen LogP contribution in [0.15, 0.2) is 23.8 Å². The van der Waals surface area contributed by atoms with Crippen molar-refractivity contribution in [2.45, 2.75) is 71.4 Å². The molecule has 0 heterocycles. The molecule has 0 saturated heterocycles. The van der Waals surface area contributed by atoms with Crippen LogP contribution in [0, 0.1) is 28.1 Å². The van der Waals surface area contributed by atoms with Crippen LogP contribution < -0.4 is 0 Å². The molecule has 0 bridgehead atoms. The number of allylic oxidation sites excluding steroid dienone is 4. The lowest BCUT2D eigenvalue weighted by Gasteiger charge is -2.61. The summed E-state index contributed by atoms with van der Waals surface area (Å²) in [4.78, 5) is 24.6. The van der Waals surface area contributed by atoms with E-state index in [0.29, 0.717) is 25.7 Å². The van der Waals surface area contributed by atoms with Gasteiger partial charge in [0, 0.05) is 16.2 Å². The van der Waals surface area contributed by atoms with Crippen LogP contribution in [0.3, 0.4) is 0 Å². The Labute approximate surface area is 161 Å². The number of alkyl halides is 1. The fourth-order valence-electron chi connectivity index (χ4n) is 7.61. The standard InChI is InChI=1S/C23H31FO3/c1-4-22(19(27)14-25)11-12-23(24)18-6-5-15-13-16(26)7-9-20(15,2)17(18)8-10-21(22,23)3/h7,9,13,17-18,25H,4-6,8,10-12,14H2,1-3H3/t17?,18-,20+,21-,22-,23-/m1/s1. The summed E-state index contributed by atoms with van der Waals surface area (Å²) >= 11 is 0. The Morgan fingerprint density at radius 1 is 1.22 bits per heavy atom. The Balaban J connectivity index is 1.77. The third-order valence-electron chi connectivity index (χ3n) is 9.30. The molecule has 0 amide bonds. The van der Waals surface area contributed by atoms with Crippen molar-refractivity contribution in [2.24, 2.45) is 28.1 Å². The molecular weight excluding hydrogens is 343 g/mol. The maximum Gasteiger partial charge on any atom is 0.178 e. The zero-order valence-electron chi connectivity index (χ0n) is 16.7. The molecule has 4 heteroatoms. The lowest BCUT2D eigenvalue weighted by atomic mass is 9.44. The van der Waals surface area contributed by atoms with Crippen molar-refractivity contribution < 1.29 is 19.1 Å². The van der Waals surface area contributed by atoms with Gasteiger partial charge in [-0.3, -0.25) is 9.59 Å². The molecule has 3 saturated carbocycles. The maximum atomic E-state index is 16.9. The van der Waals surface area contributed by atoms with E-state index in [-0.39, 0.29) is 28.8 Å². The van der Waals surface area contributed by atoms with Crippen LogP contribution >= 0.6 is 0 Å². The van der Waals surface area contributed by atoms with Crippen molar-refractivity contribution in [3.63, 3.8) is 0 Å². The van der Waals surface area contributed by atoms with Crippen LogP contribution in [0.1, 0.15) is 65.7 Å². The molecule has 0 aromatic heterocycles. The van der Waals surface area contributed by atoms with Gasteiger partial charge in [0.1, 0.15) is 12.3 Å². The number of ketones is 2. The number of hydrogen-bond acceptors (Lipinski definition) is 3. The molecule has 4 rings (SSSR count). The predicted molar refractivity (Wildman–Crippen MR) is 102 cm³/mol. The van der Waals surface area contributed by atoms with Gasteiger partial charge in [-0.15, -0.1) is 0 Å². The topological polar surface area (TPSA) is 54.4 Å². The summed E-state index contributed by atoms with van der Waals surface area (Å²) in [6.45, 7) is 5.60. The number of aliphatic hydroxyl groups excluding tert-OH is 1. The lowest BCUT2D eigenvalue weighted by molar-refractivity contribution is -0.168. The first-order valence-electron chi connectivity index (χ1n) is 10.5. The van der Waals surface area contributed by atoms with E-state index in [1.165, 1.54) is 0 Å². The summed E-state index contributed by atoms with van der Waals surface area (Å²) in [5.41, 5.74) is -1.97. The van der Waals surface area contributed by atoms with E-state index in [0.717, 1.165) is 24.8 Å². The highest BCUT2D eigenvalue weighted by Gasteiger charge is 2.73. The van der Waals surface area contributed by atoms with Gasteiger partial charge in [-0.05, 0) is 68.9 Å². The second kappa shape index (κ2) is 5.85. The molecule has 0 aromatic rings. The Morgan fingerprint density at radius 3 is 2.63 bits per heavy atom. The minimum absolute atomic E-state index is 0.0379. The Kier molecular flexibility index (Phi) is 4.13. The van der Waals surface area contributed by atoms with Gasteiger partial charge in [0.15, 0.2) is 11.6 Å². The second-order valence-corrected chi connectivity index (χ2v) is 9.69. The molecule has 0 aliphatic heterocycles. The first-order valence-corrected chi connectivity index (χ1v) is 10.5. The molecule has 0 spiro atoms. The highest BCUT2D eigenvalue weighted by Crippen LogP contribution is 2.73. The van der Waals surface area contributed by atoms with E-state index < -0.39 is 23.1 Å². The van der Waals surface area contributed by atoms with E-state index in [2.05, 4.69) is 6.92 Å². The van der Waals surface area contributed by atoms with Crippen molar-refractivity contribution in [3.8, 4) is 0 Å². The number of Topliss-reactive ketones (excluding diaryl/α,β-unsaturated/α-hetero) is 1. The molecule has 0 aromatic carbocycles. The average Bonchev–Trinajstić information content (AvgIpc) is 2.90. The molecule has 3 fully saturated rings. The van der Waals surface area contributed by atoms with Gasteiger partial charge < -0.3 is 5.11 Å². The zero-order chi connectivity index (χ0) is 19.7. The Morgan fingerprint density at radius 2 is 1.96 bits per heavy atom. The van der Waals surface area contributed by atoms with Gasteiger partial charge in [-0.1, -0.05) is 32.4 Å². The molecule has 1 N–H and O–H groups in total. The number of fused-ring (bicyclic) bond motifs is 5. The number of aliphatic hydroxyl groups is 1. The number of carbonyl (C=O) groups is 2. The number of rotatable bonds is 3. The molecule has 4 aliphatic carbocycles. The summed E-state index contributed by atoms with van der Waals surface area (Å²) in [5.74, 6) is -0.0832. The SMILES string of the molecule is CC[C@]1(C(=O)CO)CC[C@@]2(F)[C@@H]3CCC4=CC(=O)C=C[C@]4(C)C3CC[C@]12C. The highest BCUT2D eigenvalue weighted by molar-refractivity contribution is 6.01. The third-order valence-corrected chi connectivity index (χ3v) is 9.30. The molecule has 1 unspecified atom stereocenters. The number of hydrogen-bond donors (Lipinski definition) is 1. The van der Waals surface area contributed by atoms with E-state index in [1.807, 2.05) is 19.9 Å². The minimum Gasteiger partial charge on any atom is -0.389 e. The maximum absolute atomic E-state index is 16.9. The van der Waals surface area contributed by atoms with Gasteiger partial charge in [0.05, 0.1) is 0 Å². The molecule has 4 aliphatic rings. The van der Waals surface area contributed by atoms with Crippen molar-refractivity contribution in [3.05, 3.63) is 23.8 Å². The van der Waals surface area contributed by atoms with E-state index >= 15 is 4.39 Å². The predicted octanol–water partition coefficient (Wildman–Crippen LogP) is 4.34. The largest absolute Gasteiger partial charge is 0.389 e. The van der Waals surface area contributed by atoms with Crippen molar-refractivity contribution in [2.75, 3.05) is 6.61 Å². The van der Waals surface area contributed by atoms with Crippen LogP contribution in [0.4, 0.5) is 4.39 Å². The van der Waals surface area contributed by atoms with Crippen molar-refractivity contribution in [1.82, 2.24) is 0 Å². The van der Waals surface area contributed by atoms with E-state index in [4.69, 9.17) is 0 Å². The van der Waals surface area contributed by atoms with E-state index in [1.54, 1.807) is 12.2 Å². The monoisotopic (exact) mass is 374 g/mol. The Bertz CT molecular complexity index is 755. The average molecular weight is 374 g/mol. The second-order valence-electron chi connectivity index (χ2n) is 9.69. The first-order chi connectivity index (χ1) is 12.7. The highest BCUT2D eigenvalue weighted by atomic mass is 19.1. The van der Waals surface area contributed by atoms with Gasteiger partial charge in [0.25, 0.3) is 0 Å². The molecule has 3 nitrogen and oxygen atoms in total. The fraction of sp³-hybridized carbons (Fsp3) is 0.739. The summed E-state index contributed by atoms with van der Waals surface area (Å²) in [6, 6.07) is 0. The normalized spacial score (nSPS) is 48.5. The first kappa shape index (κ1) is 19.0. The van der Waals surface area contributed by atoms with Crippen LogP contribution in [0.5, 0.6) is 0 Å². The molecule has 6 atom stereocenters. The smallest absolute Gasteiger partial charge is 0.178 e. The van der Waals surface area contributed by atoms with E-state index in [9.17, 15) is 14.7 Å². The third kappa shape index (κ3) is 2.11. The summed E-state index contributed by atoms with van der Waals surface area (Å²) in [7, 11) is 0. The quantitative estimate of drug-likeness (QED) is 0.799. The van der Waals surface area contributed by atoms with Gasteiger partial charge >= 0.3 is 0 Å². The lowest BCUT2D eigenvalue weighted by Crippen LogP contribution is -2.61. The summed E-state index contributed by atoms with van der Waals surface area (Å²) < 4.78 is 16.9. The Hall–Kier alpha value is -1.29. The van der Waals surface area contributed by atoms with Crippen molar-refractivity contribution >= 4 is 11.6 Å². The van der Waals surface area contributed by atoms with Crippen LogP contribution in [0.25, 0.3) is 0 Å². The van der Waals surface area contributed by atoms with Crippen LogP contribution in [-0.2, 0) is 9.59 Å². The van der Waals surface area contributed by atoms with Gasteiger partial charge in [0.2, 0.25) is 0 Å². The van der Waals surface area contributed by atoms with Gasteiger partial charge in [-0.2, -0.15) is 0 Å². The number of carbonyl (C=O) groups excluding carboxylic acids is 2. The molecule has 148 valence electrons. The number of halogens is 1. The summed E-state index contributed by atoms with van der Waals surface area (Å²) in [6.07, 6.45) is 9.95. The minimum atomic E-state index is -1.39. The molecule has 27 heavy (non-hydrogen) atoms. The summed E-state index contributed by atoms with van der Waals surface area (Å²) in [5, 5.41) is 9.61. The van der Waals surface area contributed by atoms with Crippen LogP contribution in [-0.4, -0.2) is 28.9 Å². The molecular formula is C23H31FO3. The zero-order valence-corrected chi connectivity index (χ0v) is 16.7.